The van der Waals surface area contributed by atoms with Crippen molar-refractivity contribution in [2.45, 2.75) is 26.8 Å². The van der Waals surface area contributed by atoms with Crippen molar-refractivity contribution >= 4 is 40.7 Å². The summed E-state index contributed by atoms with van der Waals surface area (Å²) in [6, 6.07) is 8.24. The van der Waals surface area contributed by atoms with E-state index >= 15 is 0 Å². The van der Waals surface area contributed by atoms with E-state index in [1.54, 1.807) is 31.2 Å². The molecule has 0 aliphatic carbocycles. The molecule has 1 aromatic carbocycles. The topological polar surface area (TPSA) is 96.2 Å². The van der Waals surface area contributed by atoms with Gasteiger partial charge in [0.15, 0.2) is 16.3 Å². The van der Waals surface area contributed by atoms with Crippen LogP contribution in [0.5, 0.6) is 11.5 Å². The average Bonchev–Trinajstić information content (AvgIpc) is 3.43. The summed E-state index contributed by atoms with van der Waals surface area (Å²) >= 11 is 2.68. The standard InChI is InChI=1S/C24H22N2O6S2/c1-5-31-16-9-8-15(11-17(16)32-14(3)27)12-19-22(28)26-21(18-7-6-10-33-18)20(23(29)30-4)13(2)25-24(26)34-19/h6-12,21H,5H2,1-4H3/b19-12+/t21-/m1/s1. The lowest BCUT2D eigenvalue weighted by Gasteiger charge is -2.22. The van der Waals surface area contributed by atoms with Gasteiger partial charge in [-0.3, -0.25) is 14.2 Å². The predicted octanol–water partition coefficient (Wildman–Crippen LogP) is 2.79. The highest BCUT2D eigenvalue weighted by molar-refractivity contribution is 7.10. The van der Waals surface area contributed by atoms with Crippen molar-refractivity contribution in [3.63, 3.8) is 0 Å². The van der Waals surface area contributed by atoms with Crippen LogP contribution in [0.1, 0.15) is 37.3 Å². The molecule has 4 rings (SSSR count). The Morgan fingerprint density at radius 1 is 1.24 bits per heavy atom. The van der Waals surface area contributed by atoms with Crippen LogP contribution in [0, 0.1) is 0 Å². The largest absolute Gasteiger partial charge is 0.490 e. The minimum absolute atomic E-state index is 0.274. The normalized spacial score (nSPS) is 15.5. The number of aromatic nitrogens is 1. The van der Waals surface area contributed by atoms with Gasteiger partial charge in [-0.25, -0.2) is 9.79 Å². The van der Waals surface area contributed by atoms with Crippen molar-refractivity contribution in [1.82, 2.24) is 4.57 Å². The molecular weight excluding hydrogens is 476 g/mol. The van der Waals surface area contributed by atoms with Crippen LogP contribution in [-0.4, -0.2) is 30.2 Å². The number of carbonyl (C=O) groups is 2. The van der Waals surface area contributed by atoms with Crippen LogP contribution in [0.25, 0.3) is 6.08 Å². The molecule has 0 saturated heterocycles. The first-order valence-corrected chi connectivity index (χ1v) is 12.1. The molecule has 0 saturated carbocycles. The number of hydrogen-bond acceptors (Lipinski definition) is 9. The van der Waals surface area contributed by atoms with E-state index < -0.39 is 18.0 Å². The van der Waals surface area contributed by atoms with E-state index in [0.717, 1.165) is 4.88 Å². The Morgan fingerprint density at radius 2 is 2.03 bits per heavy atom. The van der Waals surface area contributed by atoms with Gasteiger partial charge >= 0.3 is 11.9 Å². The van der Waals surface area contributed by atoms with Crippen LogP contribution < -0.4 is 24.4 Å². The van der Waals surface area contributed by atoms with E-state index in [-0.39, 0.29) is 11.3 Å². The first-order valence-electron chi connectivity index (χ1n) is 10.4. The van der Waals surface area contributed by atoms with Crippen molar-refractivity contribution in [1.29, 1.82) is 0 Å². The Hall–Kier alpha value is -3.50. The third-order valence-corrected chi connectivity index (χ3v) is 6.97. The van der Waals surface area contributed by atoms with Gasteiger partial charge in [0, 0.05) is 11.8 Å². The summed E-state index contributed by atoms with van der Waals surface area (Å²) in [5.74, 6) is -0.283. The molecule has 8 nitrogen and oxygen atoms in total. The average molecular weight is 499 g/mol. The Balaban J connectivity index is 1.88. The number of nitrogens with zero attached hydrogens (tertiary/aromatic N) is 2. The van der Waals surface area contributed by atoms with Gasteiger partial charge in [0.2, 0.25) is 0 Å². The lowest BCUT2D eigenvalue weighted by Crippen LogP contribution is -2.39. The summed E-state index contributed by atoms with van der Waals surface area (Å²) in [4.78, 5) is 43.5. The molecule has 34 heavy (non-hydrogen) atoms. The number of thiazole rings is 1. The molecule has 3 heterocycles. The molecule has 10 heteroatoms. The monoisotopic (exact) mass is 498 g/mol. The molecule has 0 amide bonds. The summed E-state index contributed by atoms with van der Waals surface area (Å²) in [6.07, 6.45) is 1.70. The third kappa shape index (κ3) is 4.46. The number of ether oxygens (including phenoxy) is 3. The van der Waals surface area contributed by atoms with Gasteiger partial charge < -0.3 is 14.2 Å². The zero-order valence-corrected chi connectivity index (χ0v) is 20.6. The number of esters is 2. The SMILES string of the molecule is CCOc1ccc(/C=c2/sc3n(c2=O)[C@H](c2cccs2)C(C(=O)OC)=C(C)N=3)cc1OC(C)=O. The first-order chi connectivity index (χ1) is 16.3. The van der Waals surface area contributed by atoms with Crippen LogP contribution in [-0.2, 0) is 14.3 Å². The molecule has 0 fully saturated rings. The van der Waals surface area contributed by atoms with E-state index in [1.807, 2.05) is 24.4 Å². The molecule has 1 atom stereocenters. The molecule has 2 aromatic heterocycles. The minimum atomic E-state index is -0.622. The van der Waals surface area contributed by atoms with Gasteiger partial charge in [0.1, 0.15) is 6.04 Å². The number of allylic oxidation sites excluding steroid dienone is 1. The van der Waals surface area contributed by atoms with Gasteiger partial charge in [-0.1, -0.05) is 23.5 Å². The van der Waals surface area contributed by atoms with Crippen LogP contribution >= 0.6 is 22.7 Å². The lowest BCUT2D eigenvalue weighted by atomic mass is 10.0. The second-order valence-corrected chi connectivity index (χ2v) is 9.31. The number of rotatable bonds is 6. The number of carbonyl (C=O) groups excluding carboxylic acids is 2. The third-order valence-electron chi connectivity index (χ3n) is 5.06. The second-order valence-electron chi connectivity index (χ2n) is 7.32. The number of hydrogen-bond donors (Lipinski definition) is 0. The number of methoxy groups -OCH3 is 1. The fourth-order valence-corrected chi connectivity index (χ4v) is 5.55. The second kappa shape index (κ2) is 9.78. The van der Waals surface area contributed by atoms with Gasteiger partial charge in [-0.2, -0.15) is 0 Å². The fraction of sp³-hybridized carbons (Fsp3) is 0.250. The molecule has 0 bridgehead atoms. The van der Waals surface area contributed by atoms with Crippen molar-refractivity contribution in [3.8, 4) is 11.5 Å². The Kier molecular flexibility index (Phi) is 6.80. The molecular formula is C24H22N2O6S2. The number of thiophene rings is 1. The van der Waals surface area contributed by atoms with Crippen molar-refractivity contribution in [2.24, 2.45) is 4.99 Å². The molecule has 0 radical (unpaired) electrons. The summed E-state index contributed by atoms with van der Waals surface area (Å²) in [5.41, 5.74) is 1.22. The smallest absolute Gasteiger partial charge is 0.338 e. The van der Waals surface area contributed by atoms with Gasteiger partial charge in [-0.15, -0.1) is 11.3 Å². The van der Waals surface area contributed by atoms with Crippen molar-refractivity contribution in [3.05, 3.63) is 77.1 Å². The molecule has 0 N–H and O–H groups in total. The molecule has 0 unspecified atom stereocenters. The van der Waals surface area contributed by atoms with E-state index in [9.17, 15) is 14.4 Å². The highest BCUT2D eigenvalue weighted by Crippen LogP contribution is 2.33. The minimum Gasteiger partial charge on any atom is -0.490 e. The highest BCUT2D eigenvalue weighted by atomic mass is 32.1. The fourth-order valence-electron chi connectivity index (χ4n) is 3.68. The Bertz CT molecular complexity index is 1460. The van der Waals surface area contributed by atoms with Crippen molar-refractivity contribution < 1.29 is 23.8 Å². The molecule has 1 aliphatic heterocycles. The van der Waals surface area contributed by atoms with Gasteiger partial charge in [0.05, 0.1) is 29.5 Å². The van der Waals surface area contributed by atoms with Crippen LogP contribution in [0.15, 0.2) is 56.8 Å². The summed E-state index contributed by atoms with van der Waals surface area (Å²) in [6.45, 7) is 5.30. The predicted molar refractivity (Wildman–Crippen MR) is 129 cm³/mol. The van der Waals surface area contributed by atoms with Gasteiger partial charge in [-0.05, 0) is 49.1 Å². The van der Waals surface area contributed by atoms with Crippen LogP contribution in [0.3, 0.4) is 0 Å². The quantitative estimate of drug-likeness (QED) is 0.383. The number of benzene rings is 1. The molecule has 1 aliphatic rings. The van der Waals surface area contributed by atoms with Crippen LogP contribution in [0.2, 0.25) is 0 Å². The van der Waals surface area contributed by atoms with E-state index in [1.165, 1.54) is 41.3 Å². The molecule has 3 aromatic rings. The lowest BCUT2D eigenvalue weighted by molar-refractivity contribution is -0.136. The maximum Gasteiger partial charge on any atom is 0.338 e. The van der Waals surface area contributed by atoms with Crippen molar-refractivity contribution in [2.75, 3.05) is 13.7 Å². The number of fused-ring (bicyclic) bond motifs is 1. The molecule has 176 valence electrons. The summed E-state index contributed by atoms with van der Waals surface area (Å²) < 4.78 is 17.8. The van der Waals surface area contributed by atoms with E-state index in [4.69, 9.17) is 14.2 Å². The van der Waals surface area contributed by atoms with E-state index in [2.05, 4.69) is 4.99 Å². The van der Waals surface area contributed by atoms with Crippen LogP contribution in [0.4, 0.5) is 0 Å². The Morgan fingerprint density at radius 3 is 2.68 bits per heavy atom. The zero-order chi connectivity index (χ0) is 24.4. The highest BCUT2D eigenvalue weighted by Gasteiger charge is 2.33. The first kappa shape index (κ1) is 23.7. The maximum absolute atomic E-state index is 13.5. The zero-order valence-electron chi connectivity index (χ0n) is 19.0. The summed E-state index contributed by atoms with van der Waals surface area (Å²) in [7, 11) is 1.31. The van der Waals surface area contributed by atoms with Gasteiger partial charge in [0.25, 0.3) is 5.56 Å². The summed E-state index contributed by atoms with van der Waals surface area (Å²) in [5, 5.41) is 1.89. The Labute approximate surface area is 203 Å². The molecule has 0 spiro atoms. The van der Waals surface area contributed by atoms with E-state index in [0.29, 0.717) is 38.5 Å². The maximum atomic E-state index is 13.5.